The zero-order valence-corrected chi connectivity index (χ0v) is 21.9. The van der Waals surface area contributed by atoms with Crippen molar-refractivity contribution in [1.82, 2.24) is 38.9 Å². The van der Waals surface area contributed by atoms with E-state index in [2.05, 4.69) is 23.8 Å². The Morgan fingerprint density at radius 3 is 2.59 bits per heavy atom. The highest BCUT2D eigenvalue weighted by Gasteiger charge is 2.31. The van der Waals surface area contributed by atoms with Crippen molar-refractivity contribution in [3.8, 4) is 5.95 Å². The van der Waals surface area contributed by atoms with Crippen LogP contribution in [0.5, 0.6) is 0 Å². The van der Waals surface area contributed by atoms with E-state index in [1.165, 1.54) is 0 Å². The predicted molar refractivity (Wildman–Crippen MR) is 141 cm³/mol. The fourth-order valence-electron chi connectivity index (χ4n) is 5.41. The van der Waals surface area contributed by atoms with E-state index >= 15 is 0 Å². The lowest BCUT2D eigenvalue weighted by Gasteiger charge is -2.28. The zero-order chi connectivity index (χ0) is 25.7. The maximum absolute atomic E-state index is 13.6. The quantitative estimate of drug-likeness (QED) is 0.407. The van der Waals surface area contributed by atoms with Gasteiger partial charge in [0, 0.05) is 46.2 Å². The van der Waals surface area contributed by atoms with E-state index in [1.807, 2.05) is 52.4 Å². The number of hydrogen-bond acceptors (Lipinski definition) is 8. The maximum atomic E-state index is 13.6. The summed E-state index contributed by atoms with van der Waals surface area (Å²) in [7, 11) is 5.82. The van der Waals surface area contributed by atoms with Gasteiger partial charge in [-0.2, -0.15) is 9.97 Å². The Morgan fingerprint density at radius 2 is 1.86 bits per heavy atom. The third-order valence-corrected chi connectivity index (χ3v) is 7.57. The van der Waals surface area contributed by atoms with Crippen molar-refractivity contribution in [2.45, 2.75) is 25.8 Å². The number of morpholine rings is 1. The number of carbonyl (C=O) groups is 1. The molecule has 0 saturated carbocycles. The molecule has 0 spiro atoms. The fraction of sp³-hybridized carbons (Fsp3) is 0.500. The number of rotatable bonds is 5. The van der Waals surface area contributed by atoms with Crippen LogP contribution < -0.4 is 4.90 Å². The minimum Gasteiger partial charge on any atom is -0.378 e. The molecule has 2 aliphatic rings. The van der Waals surface area contributed by atoms with E-state index in [-0.39, 0.29) is 11.9 Å². The van der Waals surface area contributed by atoms with Gasteiger partial charge in [0.15, 0.2) is 17.0 Å². The van der Waals surface area contributed by atoms with Gasteiger partial charge in [-0.05, 0) is 32.1 Å². The van der Waals surface area contributed by atoms with Gasteiger partial charge in [-0.3, -0.25) is 9.36 Å². The number of hydrogen-bond donors (Lipinski definition) is 0. The Balaban J connectivity index is 1.52. The average molecular weight is 504 g/mol. The largest absolute Gasteiger partial charge is 0.378 e. The van der Waals surface area contributed by atoms with Gasteiger partial charge in [0.25, 0.3) is 5.91 Å². The monoisotopic (exact) mass is 503 g/mol. The third kappa shape index (κ3) is 4.02. The number of anilines is 1. The number of ether oxygens (including phenoxy) is 1. The molecule has 0 aliphatic carbocycles. The van der Waals surface area contributed by atoms with E-state index < -0.39 is 0 Å². The number of benzene rings is 1. The highest BCUT2D eigenvalue weighted by atomic mass is 16.5. The molecule has 1 aromatic carbocycles. The van der Waals surface area contributed by atoms with Crippen molar-refractivity contribution in [3.05, 3.63) is 35.9 Å². The van der Waals surface area contributed by atoms with Gasteiger partial charge in [-0.25, -0.2) is 9.97 Å². The summed E-state index contributed by atoms with van der Waals surface area (Å²) in [5, 5.41) is 0. The molecule has 2 aliphatic heterocycles. The van der Waals surface area contributed by atoms with Crippen molar-refractivity contribution in [2.75, 3.05) is 58.4 Å². The smallest absolute Gasteiger partial charge is 0.289 e. The Hall–Kier alpha value is -3.57. The Bertz CT molecular complexity index is 1470. The summed E-state index contributed by atoms with van der Waals surface area (Å²) in [6.07, 6.45) is 1.69. The molecule has 1 atom stereocenters. The van der Waals surface area contributed by atoms with Gasteiger partial charge in [0.1, 0.15) is 5.82 Å². The number of imidazole rings is 2. The molecule has 6 rings (SSSR count). The topological polar surface area (TPSA) is 97.4 Å². The minimum absolute atomic E-state index is 0.0994. The molecule has 2 fully saturated rings. The lowest BCUT2D eigenvalue weighted by Crippen LogP contribution is -2.39. The van der Waals surface area contributed by atoms with Crippen molar-refractivity contribution < 1.29 is 9.53 Å². The molecule has 1 unspecified atom stereocenters. The van der Waals surface area contributed by atoms with Gasteiger partial charge in [-0.1, -0.05) is 19.1 Å². The van der Waals surface area contributed by atoms with E-state index in [0.29, 0.717) is 49.2 Å². The number of amides is 1. The van der Waals surface area contributed by atoms with Crippen molar-refractivity contribution in [1.29, 1.82) is 0 Å². The molecule has 194 valence electrons. The molecule has 2 saturated heterocycles. The van der Waals surface area contributed by atoms with Crippen molar-refractivity contribution in [2.24, 2.45) is 7.05 Å². The summed E-state index contributed by atoms with van der Waals surface area (Å²) >= 11 is 0. The van der Waals surface area contributed by atoms with Crippen molar-refractivity contribution >= 4 is 33.9 Å². The number of para-hydroxylation sites is 2. The first-order valence-corrected chi connectivity index (χ1v) is 13.0. The standard InChI is InChI=1S/C26H33N9O2/c1-5-20-27-18-8-6-7-9-19(18)35(20)26-29-22-21(23(30-26)34-12-14-37-15-13-34)28-24(33(22)4)25(36)32(3)17-10-11-31(2)16-17/h6-9,17H,5,10-16H2,1-4H3. The van der Waals surface area contributed by atoms with Crippen LogP contribution >= 0.6 is 0 Å². The maximum Gasteiger partial charge on any atom is 0.289 e. The summed E-state index contributed by atoms with van der Waals surface area (Å²) in [5.74, 6) is 2.42. The van der Waals surface area contributed by atoms with Crippen LogP contribution in [0.3, 0.4) is 0 Å². The van der Waals surface area contributed by atoms with Crippen molar-refractivity contribution in [3.63, 3.8) is 0 Å². The summed E-state index contributed by atoms with van der Waals surface area (Å²) in [6, 6.07) is 8.19. The number of aryl methyl sites for hydroxylation is 2. The first kappa shape index (κ1) is 23.8. The lowest BCUT2D eigenvalue weighted by atomic mass is 10.2. The molecule has 37 heavy (non-hydrogen) atoms. The van der Waals surface area contributed by atoms with Crippen LogP contribution in [0.2, 0.25) is 0 Å². The van der Waals surface area contributed by atoms with E-state index in [9.17, 15) is 4.79 Å². The first-order valence-electron chi connectivity index (χ1n) is 13.0. The van der Waals surface area contributed by atoms with Crippen LogP contribution in [0.1, 0.15) is 29.8 Å². The second kappa shape index (κ2) is 9.38. The average Bonchev–Trinajstić information content (AvgIpc) is 3.62. The summed E-state index contributed by atoms with van der Waals surface area (Å²) in [5.41, 5.74) is 3.12. The van der Waals surface area contributed by atoms with Crippen LogP contribution in [0.15, 0.2) is 24.3 Å². The van der Waals surface area contributed by atoms with Gasteiger partial charge < -0.3 is 24.0 Å². The molecule has 11 heteroatoms. The molecule has 3 aromatic heterocycles. The summed E-state index contributed by atoms with van der Waals surface area (Å²) < 4.78 is 9.44. The molecule has 0 bridgehead atoms. The number of aromatic nitrogens is 6. The third-order valence-electron chi connectivity index (χ3n) is 7.57. The Kier molecular flexibility index (Phi) is 6.04. The second-order valence-corrected chi connectivity index (χ2v) is 9.94. The van der Waals surface area contributed by atoms with Gasteiger partial charge in [-0.15, -0.1) is 0 Å². The van der Waals surface area contributed by atoms with Crippen LogP contribution in [0, 0.1) is 0 Å². The fourth-order valence-corrected chi connectivity index (χ4v) is 5.41. The lowest BCUT2D eigenvalue weighted by molar-refractivity contribution is 0.0722. The van der Waals surface area contributed by atoms with Gasteiger partial charge in [0.05, 0.1) is 24.2 Å². The number of likely N-dealkylation sites (N-methyl/N-ethyl adjacent to an activating group) is 2. The van der Waals surface area contributed by atoms with Crippen LogP contribution in [0.4, 0.5) is 5.82 Å². The van der Waals surface area contributed by atoms with E-state index in [0.717, 1.165) is 48.6 Å². The molecule has 1 amide bonds. The molecular weight excluding hydrogens is 470 g/mol. The molecule has 5 heterocycles. The van der Waals surface area contributed by atoms with E-state index in [1.54, 1.807) is 0 Å². The van der Waals surface area contributed by atoms with Crippen LogP contribution in [-0.2, 0) is 18.2 Å². The highest BCUT2D eigenvalue weighted by molar-refractivity contribution is 5.96. The molecular formula is C26H33N9O2. The minimum atomic E-state index is -0.0994. The predicted octanol–water partition coefficient (Wildman–Crippen LogP) is 1.88. The highest BCUT2D eigenvalue weighted by Crippen LogP contribution is 2.29. The summed E-state index contributed by atoms with van der Waals surface area (Å²) in [6.45, 7) is 6.56. The van der Waals surface area contributed by atoms with Crippen LogP contribution in [0.25, 0.3) is 28.1 Å². The number of likely N-dealkylation sites (tertiary alicyclic amines) is 1. The number of carbonyl (C=O) groups excluding carboxylic acids is 1. The molecule has 4 aromatic rings. The Labute approximate surface area is 215 Å². The molecule has 0 N–H and O–H groups in total. The normalized spacial score (nSPS) is 18.8. The van der Waals surface area contributed by atoms with Crippen LogP contribution in [-0.4, -0.2) is 104 Å². The zero-order valence-electron chi connectivity index (χ0n) is 21.9. The Morgan fingerprint density at radius 1 is 1.08 bits per heavy atom. The molecule has 0 radical (unpaired) electrons. The second-order valence-electron chi connectivity index (χ2n) is 9.94. The van der Waals surface area contributed by atoms with Gasteiger partial charge in [0.2, 0.25) is 11.8 Å². The molecule has 11 nitrogen and oxygen atoms in total. The number of nitrogens with zero attached hydrogens (tertiary/aromatic N) is 9. The first-order chi connectivity index (χ1) is 18.0. The number of fused-ring (bicyclic) bond motifs is 2. The summed E-state index contributed by atoms with van der Waals surface area (Å²) in [4.78, 5) is 39.6. The SMILES string of the molecule is CCc1nc2ccccc2n1-c1nc(N2CCOCC2)c2nc(C(=O)N(C)C3CCN(C)C3)n(C)c2n1. The van der Waals surface area contributed by atoms with Gasteiger partial charge >= 0.3 is 0 Å². The van der Waals surface area contributed by atoms with E-state index in [4.69, 9.17) is 24.7 Å².